The van der Waals surface area contributed by atoms with Crippen molar-refractivity contribution < 1.29 is 39.8 Å². The largest absolute Gasteiger partial charge is 0.394 e. The molecule has 0 spiro atoms. The van der Waals surface area contributed by atoms with Crippen molar-refractivity contribution in [2.45, 2.75) is 159 Å². The Morgan fingerprint density at radius 3 is 2.09 bits per heavy atom. The third kappa shape index (κ3) is 19.4. The summed E-state index contributed by atoms with van der Waals surface area (Å²) in [4.78, 5) is 12.8. The van der Waals surface area contributed by atoms with Gasteiger partial charge in [0.2, 0.25) is 5.91 Å². The van der Waals surface area contributed by atoms with Gasteiger partial charge in [0, 0.05) is 6.42 Å². The molecule has 1 rings (SSSR count). The van der Waals surface area contributed by atoms with Crippen LogP contribution in [0.3, 0.4) is 0 Å². The van der Waals surface area contributed by atoms with Gasteiger partial charge in [0.15, 0.2) is 6.29 Å². The number of hydrogen-bond acceptors (Lipinski definition) is 8. The van der Waals surface area contributed by atoms with Crippen LogP contribution in [0, 0.1) is 0 Å². The fourth-order valence-electron chi connectivity index (χ4n) is 4.97. The van der Waals surface area contributed by atoms with Crippen LogP contribution in [-0.2, 0) is 14.3 Å². The molecule has 45 heavy (non-hydrogen) atoms. The van der Waals surface area contributed by atoms with Crippen molar-refractivity contribution in [1.29, 1.82) is 0 Å². The molecule has 0 radical (unpaired) electrons. The molecule has 1 fully saturated rings. The fourth-order valence-corrected chi connectivity index (χ4v) is 4.97. The summed E-state index contributed by atoms with van der Waals surface area (Å²) in [5.74, 6) is -0.209. The van der Waals surface area contributed by atoms with Gasteiger partial charge < -0.3 is 40.3 Å². The van der Waals surface area contributed by atoms with E-state index < -0.39 is 49.5 Å². The number of amides is 1. The van der Waals surface area contributed by atoms with Crippen LogP contribution in [0.15, 0.2) is 48.6 Å². The molecule has 0 aromatic carbocycles. The minimum absolute atomic E-state index is 0.209. The highest BCUT2D eigenvalue weighted by molar-refractivity contribution is 5.76. The molecule has 0 aliphatic carbocycles. The number of aliphatic hydroxyl groups excluding tert-OH is 5. The standard InChI is InChI=1S/C36H63NO8/c1-3-5-7-9-11-13-14-15-16-18-20-22-24-26-32(40)37-29(30(39)25-23-21-19-17-12-10-8-6-4-2)28-44-36-35(43)34(42)33(41)31(27-38)45-36/h7,9,12-14,17,23,25,29-31,33-36,38-39,41-43H,3-6,8,10-11,15-16,18-22,24,26-28H2,1-2H3,(H,37,40)/b9-7-,14-13-,17-12+,25-23+. The van der Waals surface area contributed by atoms with E-state index in [1.807, 2.05) is 6.08 Å². The molecule has 260 valence electrons. The molecule has 1 heterocycles. The lowest BCUT2D eigenvalue weighted by Crippen LogP contribution is -2.60. The van der Waals surface area contributed by atoms with Crippen LogP contribution < -0.4 is 5.32 Å². The summed E-state index contributed by atoms with van der Waals surface area (Å²) in [5, 5.41) is 53.6. The Balaban J connectivity index is 2.53. The number of aliphatic hydroxyl groups is 5. The number of rotatable bonds is 26. The van der Waals surface area contributed by atoms with Crippen LogP contribution in [0.4, 0.5) is 0 Å². The number of hydrogen-bond donors (Lipinski definition) is 6. The molecule has 9 nitrogen and oxygen atoms in total. The van der Waals surface area contributed by atoms with Crippen molar-refractivity contribution in [3.8, 4) is 0 Å². The van der Waals surface area contributed by atoms with E-state index >= 15 is 0 Å². The van der Waals surface area contributed by atoms with E-state index in [0.717, 1.165) is 70.6 Å². The lowest BCUT2D eigenvalue weighted by atomic mass is 9.99. The van der Waals surface area contributed by atoms with Gasteiger partial charge in [-0.25, -0.2) is 0 Å². The maximum Gasteiger partial charge on any atom is 0.220 e. The predicted octanol–water partition coefficient (Wildman–Crippen LogP) is 5.15. The molecule has 0 aromatic rings. The van der Waals surface area contributed by atoms with Crippen LogP contribution in [0.5, 0.6) is 0 Å². The zero-order valence-electron chi connectivity index (χ0n) is 27.8. The molecule has 7 unspecified atom stereocenters. The molecule has 1 saturated heterocycles. The minimum Gasteiger partial charge on any atom is -0.394 e. The third-order valence-electron chi connectivity index (χ3n) is 7.86. The summed E-state index contributed by atoms with van der Waals surface area (Å²) < 4.78 is 11.1. The number of ether oxygens (including phenoxy) is 2. The van der Waals surface area contributed by atoms with E-state index in [9.17, 15) is 30.3 Å². The topological polar surface area (TPSA) is 149 Å². The first-order chi connectivity index (χ1) is 21.8. The molecule has 9 heteroatoms. The smallest absolute Gasteiger partial charge is 0.220 e. The highest BCUT2D eigenvalue weighted by Gasteiger charge is 2.44. The van der Waals surface area contributed by atoms with Crippen molar-refractivity contribution in [2.24, 2.45) is 0 Å². The average molecular weight is 638 g/mol. The summed E-state index contributed by atoms with van der Waals surface area (Å²) >= 11 is 0. The first kappa shape index (κ1) is 41.2. The van der Waals surface area contributed by atoms with Crippen molar-refractivity contribution in [2.75, 3.05) is 13.2 Å². The van der Waals surface area contributed by atoms with E-state index in [1.54, 1.807) is 6.08 Å². The second-order valence-electron chi connectivity index (χ2n) is 11.9. The molecule has 0 saturated carbocycles. The van der Waals surface area contributed by atoms with Gasteiger partial charge in [0.05, 0.1) is 25.4 Å². The fraction of sp³-hybridized carbons (Fsp3) is 0.750. The van der Waals surface area contributed by atoms with E-state index in [1.165, 1.54) is 25.7 Å². The van der Waals surface area contributed by atoms with Gasteiger partial charge in [-0.15, -0.1) is 0 Å². The van der Waals surface area contributed by atoms with Crippen molar-refractivity contribution in [3.63, 3.8) is 0 Å². The molecule has 1 amide bonds. The molecule has 0 aromatic heterocycles. The van der Waals surface area contributed by atoms with Gasteiger partial charge >= 0.3 is 0 Å². The highest BCUT2D eigenvalue weighted by Crippen LogP contribution is 2.22. The van der Waals surface area contributed by atoms with Gasteiger partial charge in [0.25, 0.3) is 0 Å². The molecular weight excluding hydrogens is 574 g/mol. The minimum atomic E-state index is -1.57. The van der Waals surface area contributed by atoms with E-state index in [2.05, 4.69) is 55.6 Å². The summed E-state index contributed by atoms with van der Waals surface area (Å²) in [6, 6.07) is -0.825. The second-order valence-corrected chi connectivity index (χ2v) is 11.9. The molecule has 1 aliphatic heterocycles. The average Bonchev–Trinajstić information content (AvgIpc) is 3.04. The van der Waals surface area contributed by atoms with Gasteiger partial charge in [-0.2, -0.15) is 0 Å². The number of carbonyl (C=O) groups is 1. The van der Waals surface area contributed by atoms with Crippen LogP contribution in [0.2, 0.25) is 0 Å². The maximum absolute atomic E-state index is 12.8. The maximum atomic E-state index is 12.8. The third-order valence-corrected chi connectivity index (χ3v) is 7.86. The summed E-state index contributed by atoms with van der Waals surface area (Å²) in [5.41, 5.74) is 0. The lowest BCUT2D eigenvalue weighted by molar-refractivity contribution is -0.302. The lowest BCUT2D eigenvalue weighted by Gasteiger charge is -2.40. The molecule has 7 atom stereocenters. The zero-order chi connectivity index (χ0) is 33.1. The van der Waals surface area contributed by atoms with Gasteiger partial charge in [-0.05, 0) is 57.8 Å². The summed E-state index contributed by atoms with van der Waals surface area (Å²) in [6.07, 6.45) is 24.5. The summed E-state index contributed by atoms with van der Waals surface area (Å²) in [7, 11) is 0. The van der Waals surface area contributed by atoms with Gasteiger partial charge in [-0.1, -0.05) is 101 Å². The normalized spacial score (nSPS) is 23.9. The van der Waals surface area contributed by atoms with Crippen LogP contribution in [0.1, 0.15) is 117 Å². The van der Waals surface area contributed by atoms with Crippen LogP contribution in [0.25, 0.3) is 0 Å². The molecular formula is C36H63NO8. The molecule has 0 bridgehead atoms. The Labute approximate surface area is 272 Å². The van der Waals surface area contributed by atoms with Crippen LogP contribution in [-0.4, -0.2) is 87.5 Å². The SMILES string of the molecule is CCC/C=C\C/C=C\CCCCCCCC(=O)NC(COC1OC(CO)C(O)C(O)C1O)C(O)/C=C/CC/C=C/CCCCC. The Hall–Kier alpha value is -1.85. The van der Waals surface area contributed by atoms with E-state index in [0.29, 0.717) is 6.42 Å². The molecule has 6 N–H and O–H groups in total. The number of nitrogens with one attached hydrogen (secondary N) is 1. The predicted molar refractivity (Wildman–Crippen MR) is 179 cm³/mol. The number of allylic oxidation sites excluding steroid dienone is 7. The Kier molecular flexibility index (Phi) is 25.0. The van der Waals surface area contributed by atoms with Crippen molar-refractivity contribution >= 4 is 5.91 Å². The Morgan fingerprint density at radius 2 is 1.38 bits per heavy atom. The first-order valence-corrected chi connectivity index (χ1v) is 17.4. The monoisotopic (exact) mass is 637 g/mol. The summed E-state index contributed by atoms with van der Waals surface area (Å²) in [6.45, 7) is 3.58. The Morgan fingerprint density at radius 1 is 0.756 bits per heavy atom. The Bertz CT molecular complexity index is 843. The van der Waals surface area contributed by atoms with Crippen molar-refractivity contribution in [1.82, 2.24) is 5.32 Å². The number of carbonyl (C=O) groups excluding carboxylic acids is 1. The zero-order valence-corrected chi connectivity index (χ0v) is 27.8. The van der Waals surface area contributed by atoms with Crippen LogP contribution >= 0.6 is 0 Å². The number of unbranched alkanes of at least 4 members (excludes halogenated alkanes) is 10. The quantitative estimate of drug-likeness (QED) is 0.0563. The highest BCUT2D eigenvalue weighted by atomic mass is 16.7. The molecule has 1 aliphatic rings. The van der Waals surface area contributed by atoms with Gasteiger partial charge in [0.1, 0.15) is 24.4 Å². The first-order valence-electron chi connectivity index (χ1n) is 17.4. The van der Waals surface area contributed by atoms with Crippen molar-refractivity contribution in [3.05, 3.63) is 48.6 Å². The van der Waals surface area contributed by atoms with Gasteiger partial charge in [-0.3, -0.25) is 4.79 Å². The van der Waals surface area contributed by atoms with E-state index in [4.69, 9.17) is 9.47 Å². The van der Waals surface area contributed by atoms with E-state index in [-0.39, 0.29) is 12.5 Å². The second kappa shape index (κ2) is 27.3.